The van der Waals surface area contributed by atoms with Crippen molar-refractivity contribution in [3.63, 3.8) is 0 Å². The van der Waals surface area contributed by atoms with Crippen molar-refractivity contribution in [1.29, 1.82) is 0 Å². The van der Waals surface area contributed by atoms with E-state index in [4.69, 9.17) is 14.5 Å². The Morgan fingerprint density at radius 3 is 2.04 bits per heavy atom. The van der Waals surface area contributed by atoms with Gasteiger partial charge >= 0.3 is 5.97 Å². The zero-order valence-electron chi connectivity index (χ0n) is 33.9. The Hall–Kier alpha value is -0.580. The Labute approximate surface area is 316 Å². The van der Waals surface area contributed by atoms with E-state index in [0.29, 0.717) is 47.5 Å². The van der Waals surface area contributed by atoms with Crippen molar-refractivity contribution in [2.45, 2.75) is 181 Å². The number of carboxylic acids is 1. The Kier molecular flexibility index (Phi) is 17.6. The second kappa shape index (κ2) is 20.0. The molecule has 4 fully saturated rings. The third-order valence-electron chi connectivity index (χ3n) is 14.2. The lowest BCUT2D eigenvalue weighted by Crippen LogP contribution is -2.62. The number of rotatable bonds is 19. The van der Waals surface area contributed by atoms with Crippen molar-refractivity contribution >= 4 is 13.8 Å². The lowest BCUT2D eigenvalue weighted by atomic mass is 9.43. The Bertz CT molecular complexity index is 1130. The first-order chi connectivity index (χ1) is 24.2. The highest BCUT2D eigenvalue weighted by atomic mass is 31.2. The Morgan fingerprint density at radius 2 is 1.48 bits per heavy atom. The SMILES string of the molecule is CCCCCCCCCCCCC(C[N+](C)(C)C)OP(=O)([O-])O.C[C@H](CCC(=O)O)[C@H]1CCC2C3C(C[C@H](O)[C@@]21C)[C@@]1(C)CC[C@@H](O)C[C@H]1C[C@H]3O. The van der Waals surface area contributed by atoms with Crippen molar-refractivity contribution in [2.75, 3.05) is 27.7 Å². The molecule has 0 aromatic heterocycles. The van der Waals surface area contributed by atoms with Crippen LogP contribution in [0.1, 0.15) is 156 Å². The number of aliphatic carboxylic acids is 1. The number of phosphoric acid groups is 1. The number of fused-ring (bicyclic) bond motifs is 5. The fraction of sp³-hybridized carbons (Fsp3) is 0.976. The third kappa shape index (κ3) is 12.7. The van der Waals surface area contributed by atoms with Gasteiger partial charge in [0, 0.05) is 6.42 Å². The summed E-state index contributed by atoms with van der Waals surface area (Å²) in [6.07, 6.45) is 18.7. The minimum absolute atomic E-state index is 0.0957. The van der Waals surface area contributed by atoms with Crippen molar-refractivity contribution in [3.8, 4) is 0 Å². The highest BCUT2D eigenvalue weighted by Crippen LogP contribution is 2.68. The van der Waals surface area contributed by atoms with Crippen LogP contribution in [0.5, 0.6) is 0 Å². The number of aliphatic hydroxyl groups excluding tert-OH is 3. The topological polar surface area (TPSA) is 168 Å². The molecule has 306 valence electrons. The summed E-state index contributed by atoms with van der Waals surface area (Å²) in [6.45, 7) is 9.53. The summed E-state index contributed by atoms with van der Waals surface area (Å²) in [5.41, 5.74) is -0.143. The lowest BCUT2D eigenvalue weighted by Gasteiger charge is -2.63. The summed E-state index contributed by atoms with van der Waals surface area (Å²) in [5.74, 6) is 0.997. The second-order valence-electron chi connectivity index (χ2n) is 19.1. The second-order valence-corrected chi connectivity index (χ2v) is 20.2. The average molecular weight is 760 g/mol. The first kappa shape index (κ1) is 45.8. The normalized spacial score (nSPS) is 36.7. The molecule has 13 atom stereocenters. The van der Waals surface area contributed by atoms with Crippen LogP contribution in [0.2, 0.25) is 0 Å². The molecule has 0 spiro atoms. The van der Waals surface area contributed by atoms with Crippen LogP contribution in [0.3, 0.4) is 0 Å². The first-order valence-corrected chi connectivity index (χ1v) is 22.5. The molecule has 4 rings (SSSR count). The van der Waals surface area contributed by atoms with Gasteiger partial charge in [0.15, 0.2) is 0 Å². The van der Waals surface area contributed by atoms with Crippen LogP contribution in [0.4, 0.5) is 0 Å². The number of nitrogens with zero attached hydrogens (tertiary/aromatic N) is 1. The van der Waals surface area contributed by atoms with Crippen LogP contribution >= 0.6 is 7.82 Å². The van der Waals surface area contributed by atoms with E-state index >= 15 is 0 Å². The van der Waals surface area contributed by atoms with E-state index in [1.165, 1.54) is 51.4 Å². The zero-order valence-corrected chi connectivity index (χ0v) is 34.8. The molecule has 0 radical (unpaired) electrons. The van der Waals surface area contributed by atoms with Crippen LogP contribution in [-0.4, -0.2) is 87.9 Å². The van der Waals surface area contributed by atoms with Crippen molar-refractivity contribution < 1.29 is 48.6 Å². The smallest absolute Gasteiger partial charge is 0.303 e. The molecule has 0 aliphatic heterocycles. The number of carbonyl (C=O) groups is 1. The Balaban J connectivity index is 0.000000290. The number of aliphatic hydroxyl groups is 3. The number of hydrogen-bond acceptors (Lipinski definition) is 7. The van der Waals surface area contributed by atoms with Gasteiger partial charge in [-0.25, -0.2) is 0 Å². The third-order valence-corrected chi connectivity index (χ3v) is 14.8. The number of unbranched alkanes of at least 4 members (excludes halogenated alkanes) is 9. The van der Waals surface area contributed by atoms with Crippen molar-refractivity contribution in [2.24, 2.45) is 46.3 Å². The molecule has 4 aliphatic carbocycles. The van der Waals surface area contributed by atoms with Gasteiger partial charge in [-0.15, -0.1) is 0 Å². The molecule has 10 nitrogen and oxygen atoms in total. The van der Waals surface area contributed by atoms with Crippen molar-refractivity contribution in [3.05, 3.63) is 0 Å². The largest absolute Gasteiger partial charge is 0.756 e. The van der Waals surface area contributed by atoms with Gasteiger partial charge in [-0.05, 0) is 104 Å². The maximum absolute atomic E-state index is 11.5. The van der Waals surface area contributed by atoms with E-state index in [9.17, 15) is 29.6 Å². The summed E-state index contributed by atoms with van der Waals surface area (Å²) in [5, 5.41) is 42.0. The van der Waals surface area contributed by atoms with Crippen molar-refractivity contribution in [1.82, 2.24) is 0 Å². The van der Waals surface area contributed by atoms with E-state index in [2.05, 4.69) is 27.7 Å². The van der Waals surface area contributed by atoms with E-state index < -0.39 is 26.0 Å². The molecule has 5 N–H and O–H groups in total. The molecule has 52 heavy (non-hydrogen) atoms. The molecule has 0 bridgehead atoms. The first-order valence-electron chi connectivity index (χ1n) is 21.0. The van der Waals surface area contributed by atoms with Gasteiger partial charge in [0.05, 0.1) is 39.5 Å². The van der Waals surface area contributed by atoms with Gasteiger partial charge in [0.1, 0.15) is 12.6 Å². The number of quaternary nitrogens is 1. The van der Waals surface area contributed by atoms with E-state index in [-0.39, 0.29) is 41.3 Å². The van der Waals surface area contributed by atoms with Crippen LogP contribution in [0.25, 0.3) is 0 Å². The number of phosphoric ester groups is 1. The van der Waals surface area contributed by atoms with Crippen LogP contribution in [0, 0.1) is 46.3 Å². The molecular formula is C41H78NO9P. The predicted octanol–water partition coefficient (Wildman–Crippen LogP) is 7.30. The number of hydrogen-bond donors (Lipinski definition) is 5. The van der Waals surface area contributed by atoms with E-state index in [1.807, 2.05) is 21.1 Å². The van der Waals surface area contributed by atoms with Gasteiger partial charge < -0.3 is 39.2 Å². The number of carboxylic acid groups (broad SMARTS) is 1. The van der Waals surface area contributed by atoms with Crippen LogP contribution in [0.15, 0.2) is 0 Å². The Morgan fingerprint density at radius 1 is 0.885 bits per heavy atom. The van der Waals surface area contributed by atoms with Crippen LogP contribution in [-0.2, 0) is 13.9 Å². The number of likely N-dealkylation sites (N-methyl/N-ethyl adjacent to an activating group) is 1. The average Bonchev–Trinajstić information content (AvgIpc) is 3.39. The predicted molar refractivity (Wildman–Crippen MR) is 204 cm³/mol. The van der Waals surface area contributed by atoms with Gasteiger partial charge in [0.25, 0.3) is 7.82 Å². The summed E-state index contributed by atoms with van der Waals surface area (Å²) < 4.78 is 16.4. The van der Waals surface area contributed by atoms with Gasteiger partial charge in [-0.3, -0.25) is 9.36 Å². The molecule has 5 unspecified atom stereocenters. The molecule has 0 saturated heterocycles. The van der Waals surface area contributed by atoms with E-state index in [0.717, 1.165) is 57.8 Å². The summed E-state index contributed by atoms with van der Waals surface area (Å²) in [6, 6.07) is 0. The lowest BCUT2D eigenvalue weighted by molar-refractivity contribution is -0.873. The zero-order chi connectivity index (χ0) is 38.9. The maximum Gasteiger partial charge on any atom is 0.303 e. The molecule has 0 aromatic carbocycles. The molecule has 0 aromatic rings. The maximum atomic E-state index is 11.5. The van der Waals surface area contributed by atoms with Crippen LogP contribution < -0.4 is 4.89 Å². The molecular weight excluding hydrogens is 681 g/mol. The molecule has 4 saturated carbocycles. The highest BCUT2D eigenvalue weighted by molar-refractivity contribution is 7.44. The summed E-state index contributed by atoms with van der Waals surface area (Å²) in [7, 11) is 1.32. The standard InChI is InChI=1S/C24H40O5.C17H38NO4P/c1-13(4-7-21(28)29)16-5-6-17-22-18(12-20(27)24(16,17)3)23(2)9-8-15(25)10-14(23)11-19(22)26;1-5-6-7-8-9-10-11-12-13-14-15-17(16-18(2,3)4)22-23(19,20)21/h13-20,22,25-27H,4-12H2,1-3H3,(H,28,29);17H,5-16H2,1-4H3,(H-,19,20,21)/t13-,14+,15-,16-,17?,18?,19-,20+,22?,23+,24-;/m1./s1. The van der Waals surface area contributed by atoms with Gasteiger partial charge in [-0.1, -0.05) is 91.9 Å². The minimum Gasteiger partial charge on any atom is -0.756 e. The molecule has 0 heterocycles. The van der Waals surface area contributed by atoms with Gasteiger partial charge in [-0.2, -0.15) is 0 Å². The van der Waals surface area contributed by atoms with E-state index in [1.54, 1.807) is 0 Å². The minimum atomic E-state index is -4.65. The molecule has 0 amide bonds. The summed E-state index contributed by atoms with van der Waals surface area (Å²) >= 11 is 0. The monoisotopic (exact) mass is 760 g/mol. The fourth-order valence-electron chi connectivity index (χ4n) is 11.5. The molecule has 11 heteroatoms. The summed E-state index contributed by atoms with van der Waals surface area (Å²) in [4.78, 5) is 30.9. The highest BCUT2D eigenvalue weighted by Gasteiger charge is 2.65. The quantitative estimate of drug-likeness (QED) is 0.0516. The molecule has 4 aliphatic rings. The fourth-order valence-corrected chi connectivity index (χ4v) is 12.1. The van der Waals surface area contributed by atoms with Gasteiger partial charge in [0.2, 0.25) is 0 Å².